The molecule has 0 aromatic heterocycles. The Hall–Kier alpha value is -1.96. The van der Waals surface area contributed by atoms with Crippen LogP contribution in [0.4, 0.5) is 0 Å². The van der Waals surface area contributed by atoms with Gasteiger partial charge in [0.1, 0.15) is 0 Å². The van der Waals surface area contributed by atoms with Gasteiger partial charge in [-0.3, -0.25) is 0 Å². The summed E-state index contributed by atoms with van der Waals surface area (Å²) in [5.41, 5.74) is 4.22. The fourth-order valence-electron chi connectivity index (χ4n) is 2.18. The number of fused-ring (bicyclic) bond motifs is 3. The highest BCUT2D eigenvalue weighted by molar-refractivity contribution is 5.80. The Kier molecular flexibility index (Phi) is 1.54. The molecule has 1 aliphatic carbocycles. The van der Waals surface area contributed by atoms with Crippen molar-refractivity contribution in [3.63, 3.8) is 0 Å². The van der Waals surface area contributed by atoms with Crippen LogP contribution < -0.4 is 0 Å². The maximum Gasteiger partial charge on any atom is 0.161 e. The molecule has 0 bridgehead atoms. The molecule has 0 heterocycles. The van der Waals surface area contributed by atoms with Gasteiger partial charge >= 0.3 is 0 Å². The summed E-state index contributed by atoms with van der Waals surface area (Å²) in [4.78, 5) is 0. The molecule has 2 aromatic carbocycles. The monoisotopic (exact) mass is 198 g/mol. The minimum absolute atomic E-state index is 0.0173. The van der Waals surface area contributed by atoms with Gasteiger partial charge in [-0.05, 0) is 22.8 Å². The SMILES string of the molecule is Oc1ccc2c(c1O)Cc1ccccc1-2. The number of hydrogen-bond donors (Lipinski definition) is 2. The van der Waals surface area contributed by atoms with E-state index in [2.05, 4.69) is 0 Å². The second-order valence-corrected chi connectivity index (χ2v) is 3.79. The molecular weight excluding hydrogens is 188 g/mol. The zero-order valence-corrected chi connectivity index (χ0v) is 8.07. The van der Waals surface area contributed by atoms with Crippen molar-refractivity contribution in [3.05, 3.63) is 47.5 Å². The van der Waals surface area contributed by atoms with Crippen LogP contribution in [0.5, 0.6) is 11.5 Å². The zero-order valence-electron chi connectivity index (χ0n) is 8.07. The minimum atomic E-state index is -0.0402. The molecule has 0 radical (unpaired) electrons. The predicted octanol–water partition coefficient (Wildman–Crippen LogP) is 2.67. The third kappa shape index (κ3) is 1.05. The van der Waals surface area contributed by atoms with Gasteiger partial charge in [-0.2, -0.15) is 0 Å². The van der Waals surface area contributed by atoms with E-state index in [1.54, 1.807) is 0 Å². The zero-order chi connectivity index (χ0) is 10.4. The molecule has 0 saturated carbocycles. The van der Waals surface area contributed by atoms with E-state index < -0.39 is 0 Å². The number of benzene rings is 2. The molecule has 15 heavy (non-hydrogen) atoms. The van der Waals surface area contributed by atoms with Crippen LogP contribution in [0, 0.1) is 0 Å². The quantitative estimate of drug-likeness (QED) is 0.545. The lowest BCUT2D eigenvalue weighted by atomic mass is 10.1. The molecule has 0 amide bonds. The summed E-state index contributed by atoms with van der Waals surface area (Å²) in [5, 5.41) is 19.2. The molecule has 0 atom stereocenters. The molecular formula is C13H10O2. The van der Waals surface area contributed by atoms with Crippen molar-refractivity contribution in [2.24, 2.45) is 0 Å². The van der Waals surface area contributed by atoms with Gasteiger partial charge in [0, 0.05) is 12.0 Å². The van der Waals surface area contributed by atoms with Crippen molar-refractivity contribution < 1.29 is 10.2 Å². The van der Waals surface area contributed by atoms with Crippen LogP contribution in [-0.4, -0.2) is 10.2 Å². The Morgan fingerprint density at radius 1 is 0.867 bits per heavy atom. The molecule has 2 nitrogen and oxygen atoms in total. The predicted molar refractivity (Wildman–Crippen MR) is 58.0 cm³/mol. The molecule has 0 spiro atoms. The molecule has 3 rings (SSSR count). The van der Waals surface area contributed by atoms with Gasteiger partial charge < -0.3 is 10.2 Å². The van der Waals surface area contributed by atoms with Crippen LogP contribution in [-0.2, 0) is 6.42 Å². The summed E-state index contributed by atoms with van der Waals surface area (Å²) < 4.78 is 0. The van der Waals surface area contributed by atoms with Crippen LogP contribution >= 0.6 is 0 Å². The van der Waals surface area contributed by atoms with Crippen molar-refractivity contribution in [1.29, 1.82) is 0 Å². The summed E-state index contributed by atoms with van der Waals surface area (Å²) in [5.74, 6) is -0.0229. The molecule has 1 aliphatic rings. The number of aromatic hydroxyl groups is 2. The second-order valence-electron chi connectivity index (χ2n) is 3.79. The fraction of sp³-hybridized carbons (Fsp3) is 0.0769. The highest BCUT2D eigenvalue weighted by atomic mass is 16.3. The molecule has 0 saturated heterocycles. The number of phenolic OH excluding ortho intramolecular Hbond substituents is 2. The van der Waals surface area contributed by atoms with Gasteiger partial charge in [0.05, 0.1) is 0 Å². The van der Waals surface area contributed by atoms with Gasteiger partial charge in [-0.1, -0.05) is 30.3 Å². The first-order chi connectivity index (χ1) is 7.27. The largest absolute Gasteiger partial charge is 0.504 e. The fourth-order valence-corrected chi connectivity index (χ4v) is 2.18. The van der Waals surface area contributed by atoms with Gasteiger partial charge in [0.2, 0.25) is 0 Å². The number of phenols is 2. The van der Waals surface area contributed by atoms with E-state index in [9.17, 15) is 10.2 Å². The second kappa shape index (κ2) is 2.76. The van der Waals surface area contributed by atoms with Crippen molar-refractivity contribution in [2.75, 3.05) is 0 Å². The van der Waals surface area contributed by atoms with E-state index in [1.807, 2.05) is 30.3 Å². The molecule has 74 valence electrons. The summed E-state index contributed by atoms with van der Waals surface area (Å²) in [6.07, 6.45) is 0.700. The van der Waals surface area contributed by atoms with Crippen LogP contribution in [0.3, 0.4) is 0 Å². The Morgan fingerprint density at radius 3 is 2.53 bits per heavy atom. The van der Waals surface area contributed by atoms with Crippen LogP contribution in [0.15, 0.2) is 36.4 Å². The summed E-state index contributed by atoms with van der Waals surface area (Å²) in [6, 6.07) is 11.5. The van der Waals surface area contributed by atoms with Crippen molar-refractivity contribution in [2.45, 2.75) is 6.42 Å². The molecule has 0 aliphatic heterocycles. The lowest BCUT2D eigenvalue weighted by Gasteiger charge is -2.04. The highest BCUT2D eigenvalue weighted by Crippen LogP contribution is 2.44. The molecule has 2 aromatic rings. The lowest BCUT2D eigenvalue weighted by molar-refractivity contribution is 0.401. The third-order valence-corrected chi connectivity index (χ3v) is 2.94. The average molecular weight is 198 g/mol. The van der Waals surface area contributed by atoms with E-state index in [4.69, 9.17) is 0 Å². The first-order valence-electron chi connectivity index (χ1n) is 4.89. The van der Waals surface area contributed by atoms with Gasteiger partial charge in [0.15, 0.2) is 11.5 Å². The standard InChI is InChI=1S/C13H10O2/c14-12-6-5-10-9-4-2-1-3-8(9)7-11(10)13(12)15/h1-6,14-15H,7H2. The summed E-state index contributed by atoms with van der Waals surface area (Å²) in [7, 11) is 0. The smallest absolute Gasteiger partial charge is 0.161 e. The molecule has 2 heteroatoms. The topological polar surface area (TPSA) is 40.5 Å². The van der Waals surface area contributed by atoms with E-state index >= 15 is 0 Å². The maximum absolute atomic E-state index is 9.74. The Bertz CT molecular complexity index is 544. The van der Waals surface area contributed by atoms with E-state index in [1.165, 1.54) is 11.6 Å². The van der Waals surface area contributed by atoms with E-state index in [-0.39, 0.29) is 11.5 Å². The Morgan fingerprint density at radius 2 is 1.67 bits per heavy atom. The number of rotatable bonds is 0. The maximum atomic E-state index is 9.74. The van der Waals surface area contributed by atoms with Gasteiger partial charge in [-0.15, -0.1) is 0 Å². The molecule has 2 N–H and O–H groups in total. The molecule has 0 unspecified atom stereocenters. The van der Waals surface area contributed by atoms with Crippen LogP contribution in [0.25, 0.3) is 11.1 Å². The van der Waals surface area contributed by atoms with E-state index in [0.29, 0.717) is 6.42 Å². The van der Waals surface area contributed by atoms with Crippen LogP contribution in [0.1, 0.15) is 11.1 Å². The van der Waals surface area contributed by atoms with Gasteiger partial charge in [-0.25, -0.2) is 0 Å². The lowest BCUT2D eigenvalue weighted by Crippen LogP contribution is -1.81. The van der Waals surface area contributed by atoms with Gasteiger partial charge in [0.25, 0.3) is 0 Å². The highest BCUT2D eigenvalue weighted by Gasteiger charge is 2.22. The summed E-state index contributed by atoms with van der Waals surface area (Å²) >= 11 is 0. The number of hydrogen-bond acceptors (Lipinski definition) is 2. The minimum Gasteiger partial charge on any atom is -0.504 e. The van der Waals surface area contributed by atoms with Crippen LogP contribution in [0.2, 0.25) is 0 Å². The Labute approximate surface area is 87.4 Å². The normalized spacial score (nSPS) is 12.3. The van der Waals surface area contributed by atoms with E-state index in [0.717, 1.165) is 16.7 Å². The summed E-state index contributed by atoms with van der Waals surface area (Å²) in [6.45, 7) is 0. The first kappa shape index (κ1) is 8.36. The average Bonchev–Trinajstić information content (AvgIpc) is 2.63. The van der Waals surface area contributed by atoms with Crippen molar-refractivity contribution in [3.8, 4) is 22.6 Å². The molecule has 0 fully saturated rings. The van der Waals surface area contributed by atoms with Crippen molar-refractivity contribution in [1.82, 2.24) is 0 Å². The first-order valence-corrected chi connectivity index (χ1v) is 4.89. The Balaban J connectivity index is 2.31. The van der Waals surface area contributed by atoms with Crippen molar-refractivity contribution >= 4 is 0 Å². The third-order valence-electron chi connectivity index (χ3n) is 2.94.